The lowest BCUT2D eigenvalue weighted by Gasteiger charge is -2.14. The fourth-order valence-electron chi connectivity index (χ4n) is 3.59. The molecule has 0 amide bonds. The van der Waals surface area contributed by atoms with Gasteiger partial charge in [0, 0.05) is 16.8 Å². The summed E-state index contributed by atoms with van der Waals surface area (Å²) in [4.78, 5) is 0.152. The Morgan fingerprint density at radius 2 is 1.48 bits per heavy atom. The number of hydrogen-bond acceptors (Lipinski definition) is 4. The minimum atomic E-state index is -3.81. The highest BCUT2D eigenvalue weighted by Crippen LogP contribution is 2.41. The van der Waals surface area contributed by atoms with Crippen LogP contribution in [-0.2, 0) is 10.0 Å². The third kappa shape index (κ3) is 4.07. The van der Waals surface area contributed by atoms with E-state index >= 15 is 0 Å². The molecule has 4 aromatic carbocycles. The molecule has 6 heteroatoms. The number of phenols is 2. The minimum Gasteiger partial charge on any atom is -0.507 e. The van der Waals surface area contributed by atoms with Crippen LogP contribution in [0.1, 0.15) is 25.3 Å². The topological polar surface area (TPSA) is 86.6 Å². The highest BCUT2D eigenvalue weighted by molar-refractivity contribution is 7.92. The molecule has 31 heavy (non-hydrogen) atoms. The normalized spacial score (nSPS) is 11.7. The maximum absolute atomic E-state index is 12.9. The molecule has 0 fully saturated rings. The van der Waals surface area contributed by atoms with Gasteiger partial charge in [0.15, 0.2) is 0 Å². The van der Waals surface area contributed by atoms with Gasteiger partial charge in [-0.25, -0.2) is 8.42 Å². The van der Waals surface area contributed by atoms with E-state index in [-0.39, 0.29) is 22.1 Å². The molecule has 0 aliphatic heterocycles. The summed E-state index contributed by atoms with van der Waals surface area (Å²) in [5, 5.41) is 22.6. The molecule has 0 heterocycles. The number of fused-ring (bicyclic) bond motifs is 1. The zero-order chi connectivity index (χ0) is 22.2. The molecule has 3 N–H and O–H groups in total. The van der Waals surface area contributed by atoms with E-state index in [0.29, 0.717) is 17.0 Å². The Morgan fingerprint density at radius 1 is 0.806 bits per heavy atom. The summed E-state index contributed by atoms with van der Waals surface area (Å²) in [6, 6.07) is 22.0. The van der Waals surface area contributed by atoms with Crippen LogP contribution in [0.3, 0.4) is 0 Å². The monoisotopic (exact) mass is 433 g/mol. The lowest BCUT2D eigenvalue weighted by molar-refractivity contribution is 0.470. The number of nitrogens with one attached hydrogen (secondary N) is 1. The molecule has 0 unspecified atom stereocenters. The van der Waals surface area contributed by atoms with Crippen molar-refractivity contribution < 1.29 is 18.6 Å². The quantitative estimate of drug-likeness (QED) is 0.345. The third-order valence-electron chi connectivity index (χ3n) is 5.28. The summed E-state index contributed by atoms with van der Waals surface area (Å²) >= 11 is 0. The van der Waals surface area contributed by atoms with Crippen molar-refractivity contribution >= 4 is 26.5 Å². The Hall–Kier alpha value is -3.51. The average molecular weight is 434 g/mol. The van der Waals surface area contributed by atoms with E-state index in [1.807, 2.05) is 38.1 Å². The summed E-state index contributed by atoms with van der Waals surface area (Å²) in [5.74, 6) is 0.243. The Labute approximate surface area is 181 Å². The number of rotatable bonds is 5. The molecule has 0 saturated heterocycles. The predicted octanol–water partition coefficient (Wildman–Crippen LogP) is 5.84. The molecule has 0 aliphatic rings. The van der Waals surface area contributed by atoms with Crippen LogP contribution in [0.4, 0.5) is 5.69 Å². The highest BCUT2D eigenvalue weighted by atomic mass is 32.2. The van der Waals surface area contributed by atoms with Crippen LogP contribution in [0.5, 0.6) is 11.5 Å². The van der Waals surface area contributed by atoms with E-state index in [1.54, 1.807) is 36.4 Å². The first kappa shape index (κ1) is 20.8. The van der Waals surface area contributed by atoms with E-state index in [0.717, 1.165) is 16.3 Å². The number of sulfonamides is 1. The summed E-state index contributed by atoms with van der Waals surface area (Å²) < 4.78 is 28.3. The molecule has 0 atom stereocenters. The molecule has 0 aromatic heterocycles. The SMILES string of the molecule is CC(C)c1ccc(S(=O)(=O)Nc2ccc(O)c(-c3c(O)ccc4ccccc34)c2)cc1. The molecular formula is C25H23NO4S. The molecule has 158 valence electrons. The Balaban J connectivity index is 1.75. The van der Waals surface area contributed by atoms with Crippen molar-refractivity contribution in [1.29, 1.82) is 0 Å². The molecule has 0 aliphatic carbocycles. The van der Waals surface area contributed by atoms with Crippen LogP contribution < -0.4 is 4.72 Å². The van der Waals surface area contributed by atoms with Crippen molar-refractivity contribution in [3.05, 3.63) is 84.4 Å². The van der Waals surface area contributed by atoms with Crippen molar-refractivity contribution in [2.45, 2.75) is 24.7 Å². The first-order valence-electron chi connectivity index (χ1n) is 9.93. The van der Waals surface area contributed by atoms with Crippen LogP contribution in [-0.4, -0.2) is 18.6 Å². The molecule has 5 nitrogen and oxygen atoms in total. The summed E-state index contributed by atoms with van der Waals surface area (Å²) in [7, 11) is -3.81. The molecule has 4 rings (SSSR count). The van der Waals surface area contributed by atoms with Gasteiger partial charge in [-0.05, 0) is 58.7 Å². The summed E-state index contributed by atoms with van der Waals surface area (Å²) in [6.07, 6.45) is 0. The first-order valence-corrected chi connectivity index (χ1v) is 11.4. The van der Waals surface area contributed by atoms with Gasteiger partial charge in [0.1, 0.15) is 11.5 Å². The van der Waals surface area contributed by atoms with E-state index in [9.17, 15) is 18.6 Å². The van der Waals surface area contributed by atoms with Gasteiger partial charge in [-0.1, -0.05) is 56.3 Å². The van der Waals surface area contributed by atoms with Gasteiger partial charge in [0.25, 0.3) is 10.0 Å². The van der Waals surface area contributed by atoms with Gasteiger partial charge in [-0.2, -0.15) is 0 Å². The van der Waals surface area contributed by atoms with Crippen LogP contribution in [0, 0.1) is 0 Å². The summed E-state index contributed by atoms with van der Waals surface area (Å²) in [6.45, 7) is 4.09. The number of aromatic hydroxyl groups is 2. The van der Waals surface area contributed by atoms with Gasteiger partial charge >= 0.3 is 0 Å². The predicted molar refractivity (Wildman–Crippen MR) is 124 cm³/mol. The smallest absolute Gasteiger partial charge is 0.261 e. The average Bonchev–Trinajstić information content (AvgIpc) is 2.75. The molecule has 4 aromatic rings. The largest absolute Gasteiger partial charge is 0.507 e. The van der Waals surface area contributed by atoms with Crippen LogP contribution in [0.2, 0.25) is 0 Å². The zero-order valence-corrected chi connectivity index (χ0v) is 18.0. The second-order valence-electron chi connectivity index (χ2n) is 7.74. The number of phenolic OH excluding ortho intramolecular Hbond substituents is 2. The lowest BCUT2D eigenvalue weighted by Crippen LogP contribution is -2.13. The van der Waals surface area contributed by atoms with Crippen molar-refractivity contribution in [3.8, 4) is 22.6 Å². The Bertz CT molecular complexity index is 1360. The Kier molecular flexibility index (Phi) is 5.33. The van der Waals surface area contributed by atoms with E-state index < -0.39 is 10.0 Å². The van der Waals surface area contributed by atoms with Gasteiger partial charge in [-0.15, -0.1) is 0 Å². The van der Waals surface area contributed by atoms with Crippen LogP contribution in [0.25, 0.3) is 21.9 Å². The van der Waals surface area contributed by atoms with Gasteiger partial charge in [0.05, 0.1) is 4.90 Å². The van der Waals surface area contributed by atoms with Gasteiger partial charge in [0.2, 0.25) is 0 Å². The van der Waals surface area contributed by atoms with E-state index in [2.05, 4.69) is 4.72 Å². The molecule has 0 saturated carbocycles. The van der Waals surface area contributed by atoms with Crippen LogP contribution in [0.15, 0.2) is 83.8 Å². The van der Waals surface area contributed by atoms with Crippen molar-refractivity contribution in [3.63, 3.8) is 0 Å². The van der Waals surface area contributed by atoms with Gasteiger partial charge in [-0.3, -0.25) is 4.72 Å². The fraction of sp³-hybridized carbons (Fsp3) is 0.120. The third-order valence-corrected chi connectivity index (χ3v) is 6.68. The number of hydrogen-bond donors (Lipinski definition) is 3. The second kappa shape index (κ2) is 7.96. The Morgan fingerprint density at radius 3 is 2.19 bits per heavy atom. The number of anilines is 1. The lowest BCUT2D eigenvalue weighted by atomic mass is 9.96. The van der Waals surface area contributed by atoms with Crippen molar-refractivity contribution in [1.82, 2.24) is 0 Å². The molecule has 0 spiro atoms. The summed E-state index contributed by atoms with van der Waals surface area (Å²) in [5.41, 5.74) is 2.12. The van der Waals surface area contributed by atoms with Gasteiger partial charge < -0.3 is 10.2 Å². The fourth-order valence-corrected chi connectivity index (χ4v) is 4.64. The van der Waals surface area contributed by atoms with Crippen molar-refractivity contribution in [2.75, 3.05) is 4.72 Å². The maximum atomic E-state index is 12.9. The first-order chi connectivity index (χ1) is 14.8. The standard InChI is InChI=1S/C25H23NO4S/c1-16(2)17-7-11-20(12-8-17)31(29,30)26-19-10-14-23(27)22(15-19)25-21-6-4-3-5-18(21)9-13-24(25)28/h3-16,26-28H,1-2H3. The van der Waals surface area contributed by atoms with Crippen LogP contribution >= 0.6 is 0 Å². The molecular weight excluding hydrogens is 410 g/mol. The minimum absolute atomic E-state index is 0.00159. The molecule has 0 bridgehead atoms. The maximum Gasteiger partial charge on any atom is 0.261 e. The number of benzene rings is 4. The molecule has 0 radical (unpaired) electrons. The zero-order valence-electron chi connectivity index (χ0n) is 17.2. The second-order valence-corrected chi connectivity index (χ2v) is 9.42. The highest BCUT2D eigenvalue weighted by Gasteiger charge is 2.18. The van der Waals surface area contributed by atoms with E-state index in [4.69, 9.17) is 0 Å². The van der Waals surface area contributed by atoms with E-state index in [1.165, 1.54) is 18.2 Å². The van der Waals surface area contributed by atoms with Crippen molar-refractivity contribution in [2.24, 2.45) is 0 Å².